The summed E-state index contributed by atoms with van der Waals surface area (Å²) in [4.78, 5) is 2.94. The molecule has 0 N–H and O–H groups in total. The van der Waals surface area contributed by atoms with E-state index in [9.17, 15) is 0 Å². The van der Waals surface area contributed by atoms with E-state index in [4.69, 9.17) is 28.0 Å². The van der Waals surface area contributed by atoms with E-state index in [0.29, 0.717) is 6.61 Å². The van der Waals surface area contributed by atoms with Crippen molar-refractivity contribution in [3.63, 3.8) is 0 Å². The van der Waals surface area contributed by atoms with Crippen LogP contribution in [0.25, 0.3) is 10.4 Å². The lowest BCUT2D eigenvalue weighted by Crippen LogP contribution is -2.65. The summed E-state index contributed by atoms with van der Waals surface area (Å²) >= 11 is 0. The van der Waals surface area contributed by atoms with E-state index in [1.54, 1.807) is 7.11 Å². The Balaban J connectivity index is 2.56. The number of ether oxygens (including phenoxy) is 2. The highest BCUT2D eigenvalue weighted by molar-refractivity contribution is 6.83. The molecular formula is C19H39N3O5Si2. The predicted molar refractivity (Wildman–Crippen MR) is 117 cm³/mol. The van der Waals surface area contributed by atoms with Gasteiger partial charge in [-0.25, -0.2) is 0 Å². The van der Waals surface area contributed by atoms with Crippen molar-refractivity contribution in [2.24, 2.45) is 11.0 Å². The average molecular weight is 446 g/mol. The number of rotatable bonds is 7. The van der Waals surface area contributed by atoms with Gasteiger partial charge in [0.2, 0.25) is 0 Å². The molecule has 2 saturated heterocycles. The number of fused-ring (bicyclic) bond motifs is 1. The third-order valence-corrected chi connectivity index (χ3v) is 16.6. The first-order valence-electron chi connectivity index (χ1n) is 10.8. The molecule has 2 aliphatic rings. The van der Waals surface area contributed by atoms with Crippen molar-refractivity contribution >= 4 is 17.1 Å². The predicted octanol–water partition coefficient (Wildman–Crippen LogP) is 5.24. The molecule has 2 heterocycles. The van der Waals surface area contributed by atoms with Crippen molar-refractivity contribution in [2.45, 2.75) is 96.1 Å². The SMILES string of the molecule is CO[C@@H]1O[C@@H]2CO[Si](C(C)C)(C(C)C)O[Si](C(C)C)(C(C)C)O[C@H]2[C@H]1CN=[N+]=[N-]. The summed E-state index contributed by atoms with van der Waals surface area (Å²) in [6, 6.07) is 0. The minimum absolute atomic E-state index is 0.190. The van der Waals surface area contributed by atoms with Crippen molar-refractivity contribution in [3.05, 3.63) is 10.4 Å². The summed E-state index contributed by atoms with van der Waals surface area (Å²) in [6.45, 7) is 18.2. The highest BCUT2D eigenvalue weighted by atomic mass is 28.5. The molecule has 0 amide bonds. The van der Waals surface area contributed by atoms with Gasteiger partial charge in [0.05, 0.1) is 12.7 Å². The monoisotopic (exact) mass is 445 g/mol. The van der Waals surface area contributed by atoms with E-state index in [1.807, 2.05) is 0 Å². The van der Waals surface area contributed by atoms with Crippen LogP contribution in [0.15, 0.2) is 5.11 Å². The average Bonchev–Trinajstić information content (AvgIpc) is 2.94. The zero-order chi connectivity index (χ0) is 22.0. The van der Waals surface area contributed by atoms with Crippen molar-refractivity contribution < 1.29 is 22.4 Å². The third-order valence-electron chi connectivity index (χ3n) is 6.37. The van der Waals surface area contributed by atoms with Crippen LogP contribution in [0, 0.1) is 5.92 Å². The van der Waals surface area contributed by atoms with E-state index >= 15 is 0 Å². The number of methoxy groups -OCH3 is 1. The molecule has 10 heteroatoms. The molecule has 29 heavy (non-hydrogen) atoms. The van der Waals surface area contributed by atoms with Gasteiger partial charge < -0.3 is 22.4 Å². The highest BCUT2D eigenvalue weighted by Gasteiger charge is 2.61. The lowest BCUT2D eigenvalue weighted by atomic mass is 10.0. The van der Waals surface area contributed by atoms with Crippen LogP contribution >= 0.6 is 0 Å². The molecule has 0 aromatic rings. The van der Waals surface area contributed by atoms with Crippen molar-refractivity contribution in [3.8, 4) is 0 Å². The van der Waals surface area contributed by atoms with Crippen LogP contribution in [-0.4, -0.2) is 55.9 Å². The van der Waals surface area contributed by atoms with Crippen molar-refractivity contribution in [1.82, 2.24) is 0 Å². The van der Waals surface area contributed by atoms with Gasteiger partial charge in [-0.05, 0) is 27.7 Å². The third kappa shape index (κ3) is 4.59. The van der Waals surface area contributed by atoms with Gasteiger partial charge in [-0.1, -0.05) is 60.5 Å². The molecule has 0 unspecified atom stereocenters. The second-order valence-electron chi connectivity index (χ2n) is 9.41. The van der Waals surface area contributed by atoms with E-state index in [0.717, 1.165) is 0 Å². The quantitative estimate of drug-likeness (QED) is 0.231. The molecule has 168 valence electrons. The minimum Gasteiger partial charge on any atom is -0.414 e. The molecule has 2 fully saturated rings. The van der Waals surface area contributed by atoms with Gasteiger partial charge in [-0.2, -0.15) is 0 Å². The van der Waals surface area contributed by atoms with Gasteiger partial charge in [0.25, 0.3) is 0 Å². The normalized spacial score (nSPS) is 31.6. The Hall–Kier alpha value is -0.456. The van der Waals surface area contributed by atoms with Gasteiger partial charge in [0, 0.05) is 24.5 Å². The largest absolute Gasteiger partial charge is 0.414 e. The lowest BCUT2D eigenvalue weighted by molar-refractivity contribution is -0.138. The van der Waals surface area contributed by atoms with Crippen LogP contribution in [0.3, 0.4) is 0 Å². The number of hydrogen-bond donors (Lipinski definition) is 0. The Morgan fingerprint density at radius 2 is 1.55 bits per heavy atom. The number of azide groups is 1. The molecule has 0 bridgehead atoms. The van der Waals surface area contributed by atoms with E-state index in [-0.39, 0.29) is 46.8 Å². The van der Waals surface area contributed by atoms with Crippen molar-refractivity contribution in [1.29, 1.82) is 0 Å². The first-order chi connectivity index (χ1) is 13.6. The van der Waals surface area contributed by atoms with Gasteiger partial charge in [-0.15, -0.1) is 0 Å². The summed E-state index contributed by atoms with van der Waals surface area (Å²) in [5.74, 6) is -0.190. The fraction of sp³-hybridized carbons (Fsp3) is 1.00. The zero-order valence-corrected chi connectivity index (χ0v) is 21.4. The molecule has 0 spiro atoms. The van der Waals surface area contributed by atoms with Crippen LogP contribution in [0.2, 0.25) is 22.2 Å². The lowest BCUT2D eigenvalue weighted by Gasteiger charge is -2.51. The Labute approximate surface area is 177 Å². The van der Waals surface area contributed by atoms with Crippen LogP contribution in [0.1, 0.15) is 55.4 Å². The van der Waals surface area contributed by atoms with Gasteiger partial charge in [0.1, 0.15) is 6.10 Å². The van der Waals surface area contributed by atoms with Crippen LogP contribution < -0.4 is 0 Å². The first kappa shape index (κ1) is 24.8. The summed E-state index contributed by atoms with van der Waals surface area (Å²) < 4.78 is 32.7. The van der Waals surface area contributed by atoms with Crippen molar-refractivity contribution in [2.75, 3.05) is 20.3 Å². The Morgan fingerprint density at radius 3 is 2.00 bits per heavy atom. The molecule has 0 saturated carbocycles. The smallest absolute Gasteiger partial charge is 0.335 e. The number of nitrogens with zero attached hydrogens (tertiary/aromatic N) is 3. The maximum Gasteiger partial charge on any atom is 0.335 e. The maximum atomic E-state index is 8.85. The summed E-state index contributed by atoms with van der Waals surface area (Å²) in [6.07, 6.45) is -1.04. The van der Waals surface area contributed by atoms with Gasteiger partial charge in [0.15, 0.2) is 6.29 Å². The molecule has 0 aromatic heterocycles. The molecule has 2 aliphatic heterocycles. The summed E-state index contributed by atoms with van der Waals surface area (Å²) in [7, 11) is -3.70. The standard InChI is InChI=1S/C19H39N3O5Si2/c1-12(2)28(13(3)4)24-11-17-18(16(10-21-22-20)19(23-9)25-17)26-29(27-28,14(5)6)15(7)8/h12-19H,10-11H2,1-9H3/t16-,17-,18+,19-/m1/s1. The summed E-state index contributed by atoms with van der Waals surface area (Å²) in [5, 5.41) is 3.80. The Bertz CT molecular complexity index is 582. The number of hydrogen-bond acceptors (Lipinski definition) is 6. The fourth-order valence-corrected chi connectivity index (χ4v) is 16.0. The molecule has 0 aromatic carbocycles. The molecule has 8 nitrogen and oxygen atoms in total. The molecule has 4 atom stereocenters. The van der Waals surface area contributed by atoms with Gasteiger partial charge in [-0.3, -0.25) is 0 Å². The molecule has 2 rings (SSSR count). The molecule has 0 radical (unpaired) electrons. The molecule has 0 aliphatic carbocycles. The maximum absolute atomic E-state index is 8.85. The Kier molecular flexibility index (Phi) is 8.37. The van der Waals surface area contributed by atoms with Gasteiger partial charge >= 0.3 is 17.1 Å². The second-order valence-corrected chi connectivity index (χ2v) is 18.3. The fourth-order valence-electron chi connectivity index (χ4n) is 4.77. The molecular weight excluding hydrogens is 406 g/mol. The van der Waals surface area contributed by atoms with E-state index in [1.165, 1.54) is 0 Å². The minimum atomic E-state index is -2.72. The van der Waals surface area contributed by atoms with Crippen LogP contribution in [-0.2, 0) is 22.4 Å². The van der Waals surface area contributed by atoms with Crippen LogP contribution in [0.5, 0.6) is 0 Å². The van der Waals surface area contributed by atoms with E-state index < -0.39 is 23.4 Å². The highest BCUT2D eigenvalue weighted by Crippen LogP contribution is 2.48. The van der Waals surface area contributed by atoms with E-state index in [2.05, 4.69) is 65.4 Å². The van der Waals surface area contributed by atoms with Crippen LogP contribution in [0.4, 0.5) is 0 Å². The second kappa shape index (κ2) is 9.78. The zero-order valence-electron chi connectivity index (χ0n) is 19.4. The summed E-state index contributed by atoms with van der Waals surface area (Å²) in [5.41, 5.74) is 9.88. The topological polar surface area (TPSA) is 94.9 Å². The Morgan fingerprint density at radius 1 is 1.00 bits per heavy atom. The first-order valence-corrected chi connectivity index (χ1v) is 14.7.